The molecule has 0 fully saturated rings. The van der Waals surface area contributed by atoms with E-state index in [9.17, 15) is 0 Å². The van der Waals surface area contributed by atoms with Gasteiger partial charge in [0.2, 0.25) is 0 Å². The summed E-state index contributed by atoms with van der Waals surface area (Å²) in [5.74, 6) is 0. The second kappa shape index (κ2) is 3.77. The molecule has 0 saturated carbocycles. The van der Waals surface area contributed by atoms with Crippen LogP contribution in [0.3, 0.4) is 0 Å². The van der Waals surface area contributed by atoms with Crippen molar-refractivity contribution < 1.29 is 0 Å². The van der Waals surface area contributed by atoms with Crippen LogP contribution in [-0.4, -0.2) is 9.78 Å². The summed E-state index contributed by atoms with van der Waals surface area (Å²) in [7, 11) is 0. The molecule has 0 unspecified atom stereocenters. The largest absolute Gasteiger partial charge is 0.325 e. The van der Waals surface area contributed by atoms with Gasteiger partial charge < -0.3 is 5.73 Å². The first kappa shape index (κ1) is 9.18. The van der Waals surface area contributed by atoms with Crippen molar-refractivity contribution in [3.8, 4) is 10.6 Å². The van der Waals surface area contributed by atoms with Crippen LogP contribution in [0.4, 0.5) is 0 Å². The van der Waals surface area contributed by atoms with Crippen molar-refractivity contribution in [1.29, 1.82) is 0 Å². The van der Waals surface area contributed by atoms with Gasteiger partial charge in [0.05, 0.1) is 10.6 Å². The summed E-state index contributed by atoms with van der Waals surface area (Å²) in [4.78, 5) is 1.15. The van der Waals surface area contributed by atoms with Gasteiger partial charge in [0, 0.05) is 12.7 Å². The standard InChI is InChI=1S/C10H11N3S/c1-2-13-8(7-11)6-9(12-13)10-4-3-5-14-10/h2-6H,1,7,11H2. The van der Waals surface area contributed by atoms with Crippen LogP contribution in [0.5, 0.6) is 0 Å². The second-order valence-electron chi connectivity index (χ2n) is 2.83. The third-order valence-corrected chi connectivity index (χ3v) is 2.86. The Bertz CT molecular complexity index is 428. The maximum absolute atomic E-state index is 5.59. The molecule has 4 heteroatoms. The molecule has 0 aromatic carbocycles. The predicted molar refractivity (Wildman–Crippen MR) is 59.8 cm³/mol. The van der Waals surface area contributed by atoms with Gasteiger partial charge in [-0.2, -0.15) is 5.10 Å². The second-order valence-corrected chi connectivity index (χ2v) is 3.78. The Labute approximate surface area is 86.5 Å². The lowest BCUT2D eigenvalue weighted by molar-refractivity contribution is 0.847. The van der Waals surface area contributed by atoms with Crippen molar-refractivity contribution >= 4 is 17.5 Å². The van der Waals surface area contributed by atoms with Gasteiger partial charge in [-0.15, -0.1) is 11.3 Å². The highest BCUT2D eigenvalue weighted by Crippen LogP contribution is 2.23. The van der Waals surface area contributed by atoms with Crippen molar-refractivity contribution in [1.82, 2.24) is 9.78 Å². The Morgan fingerprint density at radius 1 is 1.64 bits per heavy atom. The van der Waals surface area contributed by atoms with Crippen LogP contribution >= 0.6 is 11.3 Å². The lowest BCUT2D eigenvalue weighted by Crippen LogP contribution is -2.02. The molecule has 14 heavy (non-hydrogen) atoms. The molecule has 0 saturated heterocycles. The fraction of sp³-hybridized carbons (Fsp3) is 0.100. The SMILES string of the molecule is C=Cn1nc(-c2cccs2)cc1CN. The van der Waals surface area contributed by atoms with Crippen LogP contribution in [0.2, 0.25) is 0 Å². The average molecular weight is 205 g/mol. The third-order valence-electron chi connectivity index (χ3n) is 1.97. The summed E-state index contributed by atoms with van der Waals surface area (Å²) in [6, 6.07) is 6.04. The quantitative estimate of drug-likeness (QED) is 0.834. The molecule has 2 aromatic heterocycles. The number of hydrogen-bond donors (Lipinski definition) is 1. The van der Waals surface area contributed by atoms with Crippen LogP contribution in [0.1, 0.15) is 5.69 Å². The highest BCUT2D eigenvalue weighted by Gasteiger charge is 2.06. The molecule has 0 amide bonds. The van der Waals surface area contributed by atoms with Crippen molar-refractivity contribution in [3.05, 3.63) is 35.9 Å². The summed E-state index contributed by atoms with van der Waals surface area (Å²) in [6.45, 7) is 4.16. The molecule has 0 radical (unpaired) electrons. The Kier molecular flexibility index (Phi) is 2.47. The number of nitrogens with zero attached hydrogens (tertiary/aromatic N) is 2. The molecule has 0 spiro atoms. The molecule has 2 N–H and O–H groups in total. The zero-order valence-electron chi connectivity index (χ0n) is 7.68. The Morgan fingerprint density at radius 3 is 3.00 bits per heavy atom. The highest BCUT2D eigenvalue weighted by molar-refractivity contribution is 7.13. The maximum Gasteiger partial charge on any atom is 0.103 e. The van der Waals surface area contributed by atoms with E-state index >= 15 is 0 Å². The fourth-order valence-corrected chi connectivity index (χ4v) is 1.97. The van der Waals surface area contributed by atoms with Crippen molar-refractivity contribution in [2.24, 2.45) is 5.73 Å². The van der Waals surface area contributed by atoms with Crippen molar-refractivity contribution in [2.75, 3.05) is 0 Å². The molecule has 0 bridgehead atoms. The molecular formula is C10H11N3S. The smallest absolute Gasteiger partial charge is 0.103 e. The summed E-state index contributed by atoms with van der Waals surface area (Å²) in [5, 5.41) is 6.40. The van der Waals surface area contributed by atoms with Gasteiger partial charge >= 0.3 is 0 Å². The van der Waals surface area contributed by atoms with E-state index in [1.54, 1.807) is 22.2 Å². The molecule has 0 aliphatic carbocycles. The zero-order chi connectivity index (χ0) is 9.97. The predicted octanol–water partition coefficient (Wildman–Crippen LogP) is 2.17. The van der Waals surface area contributed by atoms with Gasteiger partial charge in [-0.05, 0) is 17.5 Å². The van der Waals surface area contributed by atoms with E-state index in [4.69, 9.17) is 5.73 Å². The van der Waals surface area contributed by atoms with Crippen LogP contribution in [0.15, 0.2) is 30.2 Å². The molecule has 0 atom stereocenters. The van der Waals surface area contributed by atoms with E-state index in [0.717, 1.165) is 16.3 Å². The Hall–Kier alpha value is -1.39. The molecule has 3 nitrogen and oxygen atoms in total. The number of thiophene rings is 1. The van der Waals surface area contributed by atoms with Crippen LogP contribution in [-0.2, 0) is 6.54 Å². The zero-order valence-corrected chi connectivity index (χ0v) is 8.50. The lowest BCUT2D eigenvalue weighted by atomic mass is 10.3. The van der Waals surface area contributed by atoms with E-state index in [2.05, 4.69) is 11.7 Å². The molecule has 0 aliphatic heterocycles. The van der Waals surface area contributed by atoms with Gasteiger partial charge in [-0.25, -0.2) is 4.68 Å². The third kappa shape index (κ3) is 1.49. The van der Waals surface area contributed by atoms with E-state index in [0.29, 0.717) is 6.54 Å². The Morgan fingerprint density at radius 2 is 2.50 bits per heavy atom. The molecule has 2 aromatic rings. The van der Waals surface area contributed by atoms with Gasteiger partial charge in [-0.1, -0.05) is 12.6 Å². The first-order valence-electron chi connectivity index (χ1n) is 4.30. The summed E-state index contributed by atoms with van der Waals surface area (Å²) >= 11 is 1.67. The molecule has 0 aliphatic rings. The van der Waals surface area contributed by atoms with Gasteiger partial charge in [-0.3, -0.25) is 0 Å². The van der Waals surface area contributed by atoms with Gasteiger partial charge in [0.15, 0.2) is 0 Å². The van der Waals surface area contributed by atoms with E-state index in [-0.39, 0.29) is 0 Å². The minimum Gasteiger partial charge on any atom is -0.325 e. The van der Waals surface area contributed by atoms with Crippen LogP contribution in [0.25, 0.3) is 16.8 Å². The van der Waals surface area contributed by atoms with Crippen LogP contribution in [0, 0.1) is 0 Å². The maximum atomic E-state index is 5.59. The van der Waals surface area contributed by atoms with Gasteiger partial charge in [0.1, 0.15) is 5.69 Å². The van der Waals surface area contributed by atoms with Gasteiger partial charge in [0.25, 0.3) is 0 Å². The number of rotatable bonds is 3. The van der Waals surface area contributed by atoms with Crippen molar-refractivity contribution in [3.63, 3.8) is 0 Å². The van der Waals surface area contributed by atoms with Crippen molar-refractivity contribution in [2.45, 2.75) is 6.54 Å². The van der Waals surface area contributed by atoms with E-state index < -0.39 is 0 Å². The monoisotopic (exact) mass is 205 g/mol. The molecule has 2 heterocycles. The normalized spacial score (nSPS) is 10.4. The van der Waals surface area contributed by atoms with E-state index in [1.807, 2.05) is 23.6 Å². The fourth-order valence-electron chi connectivity index (χ4n) is 1.29. The van der Waals surface area contributed by atoms with E-state index in [1.165, 1.54) is 0 Å². The highest BCUT2D eigenvalue weighted by atomic mass is 32.1. The lowest BCUT2D eigenvalue weighted by Gasteiger charge is -1.94. The average Bonchev–Trinajstić information content (AvgIpc) is 2.85. The number of nitrogens with two attached hydrogens (primary N) is 1. The summed E-state index contributed by atoms with van der Waals surface area (Å²) in [5.41, 5.74) is 7.52. The minimum absolute atomic E-state index is 0.477. The van der Waals surface area contributed by atoms with Crippen LogP contribution < -0.4 is 5.73 Å². The topological polar surface area (TPSA) is 43.8 Å². The molecule has 72 valence electrons. The minimum atomic E-state index is 0.477. The number of aromatic nitrogens is 2. The molecular weight excluding hydrogens is 194 g/mol. The number of hydrogen-bond acceptors (Lipinski definition) is 3. The summed E-state index contributed by atoms with van der Waals surface area (Å²) in [6.07, 6.45) is 1.67. The first-order chi connectivity index (χ1) is 6.85. The summed E-state index contributed by atoms with van der Waals surface area (Å²) < 4.78 is 1.72. The first-order valence-corrected chi connectivity index (χ1v) is 5.18. The molecule has 2 rings (SSSR count). The Balaban J connectivity index is 2.46.